The monoisotopic (exact) mass is 1070 g/mol. The summed E-state index contributed by atoms with van der Waals surface area (Å²) in [7, 11) is 0. The quantitative estimate of drug-likeness (QED) is 0.118. The zero-order valence-electron chi connectivity index (χ0n) is 35.5. The second-order valence-electron chi connectivity index (χ2n) is 16.9. The minimum atomic E-state index is -1.72. The summed E-state index contributed by atoms with van der Waals surface area (Å²) in [4.78, 5) is 15.9. The first-order valence-corrected chi connectivity index (χ1v) is 28.7. The van der Waals surface area contributed by atoms with Crippen molar-refractivity contribution in [3.8, 4) is 39.5 Å². The Balaban J connectivity index is 0.000000263. The van der Waals surface area contributed by atoms with Crippen LogP contribution in [0.1, 0.15) is 30.7 Å². The molecular weight excluding hydrogens is 1020 g/mol. The number of halogens is 1. The number of para-hydroxylation sites is 2. The summed E-state index contributed by atoms with van der Waals surface area (Å²) in [5.41, 5.74) is 10.2. The number of thiophene rings is 1. The molecule has 0 spiro atoms. The number of imidazole rings is 1. The largest absolute Gasteiger partial charge is 0 e. The van der Waals surface area contributed by atoms with Crippen LogP contribution in [-0.4, -0.2) is 32.8 Å². The van der Waals surface area contributed by atoms with Gasteiger partial charge in [0.05, 0.1) is 22.6 Å². The third kappa shape index (κ3) is 8.35. The predicted molar refractivity (Wildman–Crippen MR) is 256 cm³/mol. The molecule has 0 aliphatic heterocycles. The van der Waals surface area contributed by atoms with E-state index >= 15 is 4.39 Å². The fraction of sp³-hybridized carbons (Fsp3) is 0.130. The van der Waals surface area contributed by atoms with Gasteiger partial charge in [0, 0.05) is 42.2 Å². The zero-order valence-corrected chi connectivity index (χ0v) is 40.8. The zero-order chi connectivity index (χ0) is 42.3. The van der Waals surface area contributed by atoms with Crippen LogP contribution >= 0.6 is 11.3 Å². The van der Waals surface area contributed by atoms with Gasteiger partial charge in [0.1, 0.15) is 10.6 Å². The van der Waals surface area contributed by atoms with E-state index in [2.05, 4.69) is 120 Å². The average molecular weight is 1070 g/mol. The van der Waals surface area contributed by atoms with Crippen LogP contribution in [0.25, 0.3) is 70.8 Å². The molecule has 0 atom stereocenters. The number of pyridine rings is 2. The van der Waals surface area contributed by atoms with E-state index in [0.717, 1.165) is 71.1 Å². The Labute approximate surface area is 383 Å². The Morgan fingerprint density at radius 2 is 1.47 bits per heavy atom. The van der Waals surface area contributed by atoms with E-state index in [4.69, 9.17) is 9.97 Å². The van der Waals surface area contributed by atoms with E-state index in [-0.39, 0.29) is 31.3 Å². The molecule has 6 aromatic carbocycles. The van der Waals surface area contributed by atoms with E-state index in [0.29, 0.717) is 5.56 Å². The molecule has 0 amide bonds. The van der Waals surface area contributed by atoms with Gasteiger partial charge >= 0.3 is 99.8 Å². The molecule has 0 saturated heterocycles. The molecule has 0 bridgehead atoms. The molecule has 1 radical (unpaired) electrons. The van der Waals surface area contributed by atoms with E-state index in [1.54, 1.807) is 17.4 Å². The first-order valence-electron chi connectivity index (χ1n) is 20.5. The van der Waals surface area contributed by atoms with Gasteiger partial charge in [-0.25, -0.2) is 9.37 Å². The Kier molecular flexibility index (Phi) is 12.3. The number of aromatic nitrogens is 4. The summed E-state index contributed by atoms with van der Waals surface area (Å²) >= 11 is -0.0326. The molecule has 62 heavy (non-hydrogen) atoms. The minimum absolute atomic E-state index is 0. The summed E-state index contributed by atoms with van der Waals surface area (Å²) in [6, 6.07) is 59.1. The van der Waals surface area contributed by atoms with Crippen molar-refractivity contribution in [1.29, 1.82) is 0 Å². The smallest absolute Gasteiger partial charge is 0 e. The van der Waals surface area contributed by atoms with Crippen LogP contribution < -0.4 is 4.40 Å². The van der Waals surface area contributed by atoms with Crippen LogP contribution in [0.15, 0.2) is 164 Å². The van der Waals surface area contributed by atoms with Crippen molar-refractivity contribution in [1.82, 2.24) is 19.5 Å². The molecule has 4 heterocycles. The van der Waals surface area contributed by atoms with Gasteiger partial charge in [-0.05, 0) is 52.2 Å². The van der Waals surface area contributed by atoms with E-state index in [9.17, 15) is 0 Å². The first kappa shape index (κ1) is 43.1. The molecule has 0 N–H and O–H groups in total. The van der Waals surface area contributed by atoms with Gasteiger partial charge in [0.25, 0.3) is 0 Å². The normalized spacial score (nSPS) is 11.7. The number of aryl methyl sites for hydroxylation is 1. The van der Waals surface area contributed by atoms with Crippen molar-refractivity contribution >= 4 is 60.3 Å². The molecular formula is C54H45FGeIrN4S-2. The van der Waals surface area contributed by atoms with Crippen LogP contribution in [0, 0.1) is 24.9 Å². The number of rotatable bonds is 7. The van der Waals surface area contributed by atoms with Crippen LogP contribution in [0.3, 0.4) is 0 Å². The molecule has 0 unspecified atom stereocenters. The molecule has 0 saturated carbocycles. The van der Waals surface area contributed by atoms with Crippen molar-refractivity contribution in [3.05, 3.63) is 199 Å². The van der Waals surface area contributed by atoms with Crippen molar-refractivity contribution in [3.63, 3.8) is 0 Å². The number of nitrogens with zero attached hydrogens (tertiary/aromatic N) is 4. The molecule has 10 rings (SSSR count). The maximum absolute atomic E-state index is 15.2. The van der Waals surface area contributed by atoms with E-state index in [1.807, 2.05) is 97.2 Å². The van der Waals surface area contributed by atoms with Gasteiger partial charge in [0.2, 0.25) is 0 Å². The van der Waals surface area contributed by atoms with Crippen LogP contribution in [0.4, 0.5) is 4.39 Å². The van der Waals surface area contributed by atoms with E-state index < -0.39 is 13.3 Å². The van der Waals surface area contributed by atoms with Crippen molar-refractivity contribution in [2.75, 3.05) is 0 Å². The standard InChI is InChI=1S/C40H29FN3S.C14H16GeN.Ir/c1-25-18-20-30(37-36(25)29-21-23-35(43-39(29)45-37)40(2,3)27-14-8-5-9-15-27)38-42-33-16-10-11-17-34(33)44(38)28-19-22-32(41)31(24-28)26-12-6-4-7-13-26;1-15(2,3)13-9-10-14(16-11-13)12-7-5-4-6-8-12;/h4-19,21-24H,1-3H3;4-7,9-11H,1-3H3;/q2*-1;. The summed E-state index contributed by atoms with van der Waals surface area (Å²) in [5, 5.41) is 2.30. The molecule has 309 valence electrons. The molecule has 0 fully saturated rings. The van der Waals surface area contributed by atoms with Gasteiger partial charge in [0.15, 0.2) is 0 Å². The Bertz CT molecular complexity index is 3160. The number of hydrogen-bond donors (Lipinski definition) is 0. The maximum Gasteiger partial charge on any atom is 0 e. The predicted octanol–water partition coefficient (Wildman–Crippen LogP) is 13.8. The van der Waals surface area contributed by atoms with Gasteiger partial charge in [-0.15, -0.1) is 17.7 Å². The Morgan fingerprint density at radius 1 is 0.742 bits per heavy atom. The van der Waals surface area contributed by atoms with Gasteiger partial charge in [-0.2, -0.15) is 11.3 Å². The van der Waals surface area contributed by atoms with Gasteiger partial charge in [-0.1, -0.05) is 111 Å². The number of hydrogen-bond acceptors (Lipinski definition) is 4. The summed E-state index contributed by atoms with van der Waals surface area (Å²) < 4.78 is 19.9. The molecule has 0 aliphatic rings. The molecule has 8 heteroatoms. The molecule has 10 aromatic rings. The second-order valence-corrected chi connectivity index (χ2v) is 28.6. The maximum atomic E-state index is 15.2. The van der Waals surface area contributed by atoms with Gasteiger partial charge < -0.3 is 4.57 Å². The van der Waals surface area contributed by atoms with Crippen LogP contribution in [0.2, 0.25) is 17.3 Å². The van der Waals surface area contributed by atoms with E-state index in [1.165, 1.54) is 15.3 Å². The number of benzene rings is 6. The van der Waals surface area contributed by atoms with Gasteiger partial charge in [-0.3, -0.25) is 4.98 Å². The molecule has 4 aromatic heterocycles. The van der Waals surface area contributed by atoms with Crippen molar-refractivity contribution < 1.29 is 24.5 Å². The Hall–Kier alpha value is -5.57. The molecule has 4 nitrogen and oxygen atoms in total. The fourth-order valence-electron chi connectivity index (χ4n) is 7.88. The number of fused-ring (bicyclic) bond motifs is 4. The van der Waals surface area contributed by atoms with Crippen LogP contribution in [0.5, 0.6) is 0 Å². The minimum Gasteiger partial charge on any atom is 0 e. The molecule has 0 aliphatic carbocycles. The average Bonchev–Trinajstić information content (AvgIpc) is 3.87. The third-order valence-corrected chi connectivity index (χ3v) is 16.8. The topological polar surface area (TPSA) is 43.6 Å². The summed E-state index contributed by atoms with van der Waals surface area (Å²) in [6.45, 7) is 6.58. The first-order chi connectivity index (χ1) is 29.5. The summed E-state index contributed by atoms with van der Waals surface area (Å²) in [5.74, 6) is 7.65. The van der Waals surface area contributed by atoms with Crippen LogP contribution in [-0.2, 0) is 25.5 Å². The second kappa shape index (κ2) is 17.7. The summed E-state index contributed by atoms with van der Waals surface area (Å²) in [6.07, 6.45) is 2.04. The third-order valence-electron chi connectivity index (χ3n) is 11.4. The SMILES string of the molecule is Cc1c[c-]c(-c2nc3ccccc3n2-c2ccc(F)c(-c3ccccc3)c2)c2sc3nc(C(C)(C)c4ccccc4)ccc3c12.[CH3][Ge]([CH3])([CH3])[c]1ccc(-c2[c-]cccc2)nc1.[Ir]. The van der Waals surface area contributed by atoms with Crippen molar-refractivity contribution in [2.45, 2.75) is 43.5 Å². The fourth-order valence-corrected chi connectivity index (χ4v) is 11.3. The Morgan fingerprint density at radius 3 is 2.18 bits per heavy atom. The van der Waals surface area contributed by atoms with Crippen molar-refractivity contribution in [2.24, 2.45) is 0 Å².